The van der Waals surface area contributed by atoms with Crippen LogP contribution in [0.2, 0.25) is 0 Å². The molecule has 2 fully saturated rings. The number of hydrogen-bond acceptors (Lipinski definition) is 5. The summed E-state index contributed by atoms with van der Waals surface area (Å²) in [6, 6.07) is 9.10. The molecule has 0 bridgehead atoms. The van der Waals surface area contributed by atoms with Crippen LogP contribution in [0.5, 0.6) is 0 Å². The highest BCUT2D eigenvalue weighted by Crippen LogP contribution is 2.45. The Bertz CT molecular complexity index is 1330. The van der Waals surface area contributed by atoms with Gasteiger partial charge >= 0.3 is 6.18 Å². The van der Waals surface area contributed by atoms with Gasteiger partial charge in [0.25, 0.3) is 5.78 Å². The molecule has 2 heterocycles. The van der Waals surface area contributed by atoms with Gasteiger partial charge in [0, 0.05) is 29.8 Å². The normalized spacial score (nSPS) is 25.6. The molecule has 0 saturated heterocycles. The fourth-order valence-corrected chi connectivity index (χ4v) is 7.74. The number of carbonyl (C=O) groups excluding carboxylic acids is 2. The van der Waals surface area contributed by atoms with Gasteiger partial charge in [-0.3, -0.25) is 14.9 Å². The molecule has 0 radical (unpaired) electrons. The molecule has 1 aromatic heterocycles. The monoisotopic (exact) mass is 536 g/mol. The van der Waals surface area contributed by atoms with E-state index in [-0.39, 0.29) is 34.1 Å². The number of nitrogens with zero attached hydrogens (tertiary/aromatic N) is 1. The van der Waals surface area contributed by atoms with E-state index in [4.69, 9.17) is 0 Å². The van der Waals surface area contributed by atoms with Gasteiger partial charge in [-0.2, -0.15) is 13.2 Å². The average Bonchev–Trinajstić information content (AvgIpc) is 3.60. The van der Waals surface area contributed by atoms with Gasteiger partial charge in [-0.1, -0.05) is 12.1 Å². The van der Waals surface area contributed by atoms with Crippen molar-refractivity contribution in [3.05, 3.63) is 53.3 Å². The summed E-state index contributed by atoms with van der Waals surface area (Å²) in [5.41, 5.74) is -0.240. The van der Waals surface area contributed by atoms with Crippen LogP contribution in [0.25, 0.3) is 0 Å². The van der Waals surface area contributed by atoms with Crippen molar-refractivity contribution >= 4 is 21.4 Å². The largest absolute Gasteiger partial charge is 0.456 e. The topological polar surface area (TPSA) is 85.2 Å². The number of hydrogen-bond donors (Lipinski definition) is 1. The molecule has 2 saturated carbocycles. The van der Waals surface area contributed by atoms with Crippen LogP contribution in [0.15, 0.2) is 41.3 Å². The third-order valence-corrected chi connectivity index (χ3v) is 10.3. The second-order valence-corrected chi connectivity index (χ2v) is 13.7. The summed E-state index contributed by atoms with van der Waals surface area (Å²) in [6.45, 7) is 4.09. The van der Waals surface area contributed by atoms with Crippen LogP contribution in [0.1, 0.15) is 85.3 Å². The summed E-state index contributed by atoms with van der Waals surface area (Å²) >= 11 is 0. The van der Waals surface area contributed by atoms with Gasteiger partial charge in [-0.15, -0.1) is 0 Å². The van der Waals surface area contributed by atoms with Gasteiger partial charge in [-0.25, -0.2) is 8.42 Å². The van der Waals surface area contributed by atoms with E-state index in [9.17, 15) is 31.2 Å². The number of rotatable bonds is 6. The third kappa shape index (κ3) is 4.90. The van der Waals surface area contributed by atoms with E-state index in [1.54, 1.807) is 18.2 Å². The van der Waals surface area contributed by atoms with Gasteiger partial charge < -0.3 is 4.57 Å². The van der Waals surface area contributed by atoms with E-state index in [0.29, 0.717) is 56.2 Å². The lowest BCUT2D eigenvalue weighted by atomic mass is 9.71. The number of nitrogens with one attached hydrogen (secondary N) is 1. The Hall–Kier alpha value is -2.46. The van der Waals surface area contributed by atoms with Gasteiger partial charge in [0.15, 0.2) is 15.6 Å². The molecule has 3 aliphatic rings. The van der Waals surface area contributed by atoms with Crippen LogP contribution in [0, 0.1) is 5.92 Å². The van der Waals surface area contributed by atoms with Gasteiger partial charge in [-0.05, 0) is 82.6 Å². The number of carbonyl (C=O) groups is 2. The minimum Gasteiger partial charge on any atom is -0.338 e. The molecule has 5 rings (SSSR count). The molecule has 1 aliphatic heterocycles. The summed E-state index contributed by atoms with van der Waals surface area (Å²) in [6.07, 6.45) is -0.560. The summed E-state index contributed by atoms with van der Waals surface area (Å²) < 4.78 is 65.9. The summed E-state index contributed by atoms with van der Waals surface area (Å²) in [5.74, 6) is -1.77. The summed E-state index contributed by atoms with van der Waals surface area (Å²) in [4.78, 5) is 25.3. The first-order valence-corrected chi connectivity index (χ1v) is 14.2. The molecule has 1 N–H and O–H groups in total. The van der Waals surface area contributed by atoms with Crippen molar-refractivity contribution in [1.29, 1.82) is 0 Å². The van der Waals surface area contributed by atoms with Crippen molar-refractivity contribution in [1.82, 2.24) is 9.88 Å². The second kappa shape index (κ2) is 8.80. The lowest BCUT2D eigenvalue weighted by Gasteiger charge is -2.50. The molecule has 1 aromatic carbocycles. The molecule has 200 valence electrons. The molecule has 0 amide bonds. The van der Waals surface area contributed by atoms with Crippen molar-refractivity contribution in [2.45, 2.75) is 92.7 Å². The van der Waals surface area contributed by atoms with Crippen molar-refractivity contribution in [2.24, 2.45) is 5.92 Å². The minimum atomic E-state index is -4.93. The Morgan fingerprint density at radius 3 is 2.19 bits per heavy atom. The summed E-state index contributed by atoms with van der Waals surface area (Å²) in [7, 11) is -3.30. The average molecular weight is 537 g/mol. The van der Waals surface area contributed by atoms with Crippen molar-refractivity contribution in [3.8, 4) is 0 Å². The number of fused-ring (bicyclic) bond motifs is 2. The lowest BCUT2D eigenvalue weighted by molar-refractivity contribution is -0.0892. The van der Waals surface area contributed by atoms with E-state index < -0.39 is 32.9 Å². The molecular weight excluding hydrogens is 505 g/mol. The number of sulfone groups is 1. The summed E-state index contributed by atoms with van der Waals surface area (Å²) in [5, 5.41) is 3.34. The molecule has 1 spiro atoms. The first kappa shape index (κ1) is 26.2. The number of aromatic nitrogens is 1. The number of alkyl halides is 3. The Balaban J connectivity index is 1.29. The van der Waals surface area contributed by atoms with Crippen LogP contribution in [0.3, 0.4) is 0 Å². The van der Waals surface area contributed by atoms with E-state index in [2.05, 4.69) is 5.32 Å². The standard InChI is InChI=1S/C27H31F3N2O4S/c1-25(2)16-32-21(24(34)27(28,29)30)9-10-23(32)26(31-25)13-11-17(12-14-26)15-22(33)18-3-5-19(6-4-18)37(35,36)20-7-8-20/h3-6,9-10,17,20,31H,7-8,11-16H2,1-2H3. The molecular formula is C27H31F3N2O4S. The second-order valence-electron chi connectivity index (χ2n) is 11.4. The Morgan fingerprint density at radius 2 is 1.62 bits per heavy atom. The number of benzene rings is 1. The zero-order chi connectivity index (χ0) is 26.8. The third-order valence-electron chi connectivity index (χ3n) is 7.99. The van der Waals surface area contributed by atoms with Crippen molar-refractivity contribution < 1.29 is 31.2 Å². The minimum absolute atomic E-state index is 0.0466. The fraction of sp³-hybridized carbons (Fsp3) is 0.556. The Labute approximate surface area is 214 Å². The molecule has 2 aromatic rings. The zero-order valence-corrected chi connectivity index (χ0v) is 21.7. The molecule has 0 unspecified atom stereocenters. The Morgan fingerprint density at radius 1 is 1.00 bits per heavy atom. The predicted octanol–water partition coefficient (Wildman–Crippen LogP) is 5.21. The highest BCUT2D eigenvalue weighted by molar-refractivity contribution is 7.92. The fourth-order valence-electron chi connectivity index (χ4n) is 6.08. The van der Waals surface area contributed by atoms with Crippen molar-refractivity contribution in [3.63, 3.8) is 0 Å². The van der Waals surface area contributed by atoms with Crippen LogP contribution >= 0.6 is 0 Å². The van der Waals surface area contributed by atoms with Gasteiger partial charge in [0.2, 0.25) is 0 Å². The maximum absolute atomic E-state index is 13.2. The molecule has 2 aliphatic carbocycles. The smallest absolute Gasteiger partial charge is 0.338 e. The quantitative estimate of drug-likeness (QED) is 0.513. The first-order chi connectivity index (χ1) is 17.2. The van der Waals surface area contributed by atoms with E-state index in [1.807, 2.05) is 13.8 Å². The van der Waals surface area contributed by atoms with E-state index >= 15 is 0 Å². The van der Waals surface area contributed by atoms with Crippen LogP contribution in [-0.4, -0.2) is 41.5 Å². The number of halogens is 3. The molecule has 10 heteroatoms. The van der Waals surface area contributed by atoms with Gasteiger partial charge in [0.05, 0.1) is 21.4 Å². The number of ketones is 2. The van der Waals surface area contributed by atoms with Gasteiger partial charge in [0.1, 0.15) is 0 Å². The zero-order valence-electron chi connectivity index (χ0n) is 20.9. The van der Waals surface area contributed by atoms with E-state index in [1.165, 1.54) is 22.8 Å². The maximum atomic E-state index is 13.2. The first-order valence-electron chi connectivity index (χ1n) is 12.7. The SMILES string of the molecule is CC1(C)Cn2c(C(=O)C(F)(F)F)ccc2C2(CCC(CC(=O)c3ccc(S(=O)(=O)C4CC4)cc3)CC2)N1. The predicted molar refractivity (Wildman–Crippen MR) is 131 cm³/mol. The molecule has 37 heavy (non-hydrogen) atoms. The van der Waals surface area contributed by atoms with E-state index in [0.717, 1.165) is 0 Å². The highest BCUT2D eigenvalue weighted by atomic mass is 32.2. The van der Waals surface area contributed by atoms with Crippen LogP contribution < -0.4 is 5.32 Å². The van der Waals surface area contributed by atoms with Crippen molar-refractivity contribution in [2.75, 3.05) is 0 Å². The van der Waals surface area contributed by atoms with Crippen LogP contribution in [-0.2, 0) is 21.9 Å². The Kier molecular flexibility index (Phi) is 6.22. The maximum Gasteiger partial charge on any atom is 0.456 e. The lowest BCUT2D eigenvalue weighted by Crippen LogP contribution is -2.61. The highest BCUT2D eigenvalue weighted by Gasteiger charge is 2.49. The van der Waals surface area contributed by atoms with Crippen LogP contribution in [0.4, 0.5) is 13.2 Å². The molecule has 6 nitrogen and oxygen atoms in total. The number of Topliss-reactive ketones (excluding diaryl/α,β-unsaturated/α-hetero) is 2. The molecule has 0 atom stereocenters.